The standard InChI is InChI=1S/C26H30N6O2S2/c1-18(2)20-13-27-24(28-14-20)31(15-19-12-29-32(16-19)22-8-6-5-7-9-22)11-10-21-17-35-25(30-21)36-26(3,4)23(33)34/h5-9,12-14,16-18H,10-11,15H2,1-4H3,(H,33,34). The molecule has 0 radical (unpaired) electrons. The maximum Gasteiger partial charge on any atom is 0.319 e. The van der Waals surface area contributed by atoms with Crippen molar-refractivity contribution in [3.63, 3.8) is 0 Å². The number of hydrogen-bond acceptors (Lipinski definition) is 8. The van der Waals surface area contributed by atoms with E-state index in [9.17, 15) is 9.90 Å². The van der Waals surface area contributed by atoms with E-state index in [2.05, 4.69) is 38.8 Å². The van der Waals surface area contributed by atoms with E-state index in [1.807, 2.05) is 65.2 Å². The fourth-order valence-electron chi connectivity index (χ4n) is 3.39. The summed E-state index contributed by atoms with van der Waals surface area (Å²) >= 11 is 2.75. The van der Waals surface area contributed by atoms with Gasteiger partial charge in [-0.3, -0.25) is 4.79 Å². The van der Waals surface area contributed by atoms with Crippen LogP contribution < -0.4 is 4.90 Å². The number of aliphatic carboxylic acids is 1. The number of nitrogens with zero attached hydrogens (tertiary/aromatic N) is 6. The number of carboxylic acid groups (broad SMARTS) is 1. The van der Waals surface area contributed by atoms with Crippen LogP contribution >= 0.6 is 23.1 Å². The number of thiazole rings is 1. The summed E-state index contributed by atoms with van der Waals surface area (Å²) in [6, 6.07) is 10.0. The quantitative estimate of drug-likeness (QED) is 0.260. The molecule has 0 aliphatic carbocycles. The molecule has 8 nitrogen and oxygen atoms in total. The Balaban J connectivity index is 1.50. The van der Waals surface area contributed by atoms with Gasteiger partial charge < -0.3 is 10.0 Å². The molecule has 10 heteroatoms. The molecule has 0 aliphatic rings. The smallest absolute Gasteiger partial charge is 0.319 e. The lowest BCUT2D eigenvalue weighted by molar-refractivity contribution is -0.138. The topological polar surface area (TPSA) is 97.0 Å². The van der Waals surface area contributed by atoms with Crippen molar-refractivity contribution in [2.75, 3.05) is 11.4 Å². The Hall–Kier alpha value is -3.24. The summed E-state index contributed by atoms with van der Waals surface area (Å²) in [5, 5.41) is 15.9. The van der Waals surface area contributed by atoms with Gasteiger partial charge in [0.2, 0.25) is 5.95 Å². The van der Waals surface area contributed by atoms with E-state index in [0.717, 1.165) is 26.8 Å². The van der Waals surface area contributed by atoms with Crippen LogP contribution in [0.3, 0.4) is 0 Å². The number of carbonyl (C=O) groups is 1. The molecule has 0 aliphatic heterocycles. The van der Waals surface area contributed by atoms with E-state index in [0.29, 0.717) is 31.4 Å². The monoisotopic (exact) mass is 522 g/mol. The van der Waals surface area contributed by atoms with Crippen molar-refractivity contribution in [1.82, 2.24) is 24.7 Å². The second-order valence-electron chi connectivity index (χ2n) is 9.29. The van der Waals surface area contributed by atoms with Crippen LogP contribution in [0.4, 0.5) is 5.95 Å². The van der Waals surface area contributed by atoms with E-state index in [-0.39, 0.29) is 0 Å². The lowest BCUT2D eigenvalue weighted by Crippen LogP contribution is -2.27. The molecule has 0 bridgehead atoms. The van der Waals surface area contributed by atoms with Crippen LogP contribution in [-0.2, 0) is 17.8 Å². The minimum atomic E-state index is -0.925. The Morgan fingerprint density at radius 2 is 1.89 bits per heavy atom. The summed E-state index contributed by atoms with van der Waals surface area (Å²) in [6.45, 7) is 8.89. The van der Waals surface area contributed by atoms with Gasteiger partial charge in [0.15, 0.2) is 4.34 Å². The van der Waals surface area contributed by atoms with Crippen LogP contribution in [0.2, 0.25) is 0 Å². The van der Waals surface area contributed by atoms with Crippen molar-refractivity contribution in [2.45, 2.75) is 55.7 Å². The van der Waals surface area contributed by atoms with Gasteiger partial charge in [-0.05, 0) is 37.5 Å². The first-order valence-corrected chi connectivity index (χ1v) is 13.4. The van der Waals surface area contributed by atoms with Gasteiger partial charge in [-0.15, -0.1) is 11.3 Å². The normalized spacial score (nSPS) is 11.7. The fraction of sp³-hybridized carbons (Fsp3) is 0.346. The summed E-state index contributed by atoms with van der Waals surface area (Å²) in [5.74, 6) is 0.162. The number of benzene rings is 1. The zero-order valence-corrected chi connectivity index (χ0v) is 22.5. The molecule has 36 heavy (non-hydrogen) atoms. The molecule has 1 aromatic carbocycles. The molecule has 3 heterocycles. The van der Waals surface area contributed by atoms with Gasteiger partial charge in [0.25, 0.3) is 0 Å². The number of hydrogen-bond donors (Lipinski definition) is 1. The summed E-state index contributed by atoms with van der Waals surface area (Å²) in [5.41, 5.74) is 4.07. The maximum atomic E-state index is 11.5. The number of para-hydroxylation sites is 1. The number of anilines is 1. The van der Waals surface area contributed by atoms with Crippen LogP contribution in [0.15, 0.2) is 64.8 Å². The molecular weight excluding hydrogens is 492 g/mol. The molecule has 4 rings (SSSR count). The highest BCUT2D eigenvalue weighted by atomic mass is 32.2. The largest absolute Gasteiger partial charge is 0.480 e. The Bertz CT molecular complexity index is 1290. The second kappa shape index (κ2) is 11.2. The molecule has 0 saturated heterocycles. The first-order valence-electron chi connectivity index (χ1n) is 11.7. The van der Waals surface area contributed by atoms with Gasteiger partial charge in [0.1, 0.15) is 4.75 Å². The Kier molecular flexibility index (Phi) is 8.05. The number of carboxylic acids is 1. The van der Waals surface area contributed by atoms with Crippen molar-refractivity contribution >= 4 is 35.0 Å². The van der Waals surface area contributed by atoms with Gasteiger partial charge in [-0.25, -0.2) is 19.6 Å². The predicted octanol–water partition coefficient (Wildman–Crippen LogP) is 5.45. The SMILES string of the molecule is CC(C)c1cnc(N(CCc2csc(SC(C)(C)C(=O)O)n2)Cc2cnn(-c3ccccc3)c2)nc1. The number of thioether (sulfide) groups is 1. The van der Waals surface area contributed by atoms with E-state index in [4.69, 9.17) is 0 Å². The molecule has 1 N–H and O–H groups in total. The third-order valence-electron chi connectivity index (χ3n) is 5.66. The van der Waals surface area contributed by atoms with Gasteiger partial charge in [-0.1, -0.05) is 43.8 Å². The summed E-state index contributed by atoms with van der Waals surface area (Å²) < 4.78 is 1.70. The van der Waals surface area contributed by atoms with E-state index in [1.54, 1.807) is 13.8 Å². The van der Waals surface area contributed by atoms with Crippen molar-refractivity contribution < 1.29 is 9.90 Å². The Morgan fingerprint density at radius 1 is 1.17 bits per heavy atom. The first-order chi connectivity index (χ1) is 17.2. The molecule has 0 amide bonds. The van der Waals surface area contributed by atoms with Crippen LogP contribution in [0.25, 0.3) is 5.69 Å². The minimum Gasteiger partial charge on any atom is -0.480 e. The molecular formula is C26H30N6O2S2. The van der Waals surface area contributed by atoms with Crippen LogP contribution in [0.5, 0.6) is 0 Å². The Labute approximate surface area is 219 Å². The summed E-state index contributed by atoms with van der Waals surface area (Å²) in [4.78, 5) is 27.6. The molecule has 0 saturated carbocycles. The predicted molar refractivity (Wildman–Crippen MR) is 144 cm³/mol. The van der Waals surface area contributed by atoms with Gasteiger partial charge in [-0.2, -0.15) is 5.10 Å². The van der Waals surface area contributed by atoms with E-state index >= 15 is 0 Å². The zero-order valence-electron chi connectivity index (χ0n) is 20.8. The lowest BCUT2D eigenvalue weighted by atomic mass is 10.1. The molecule has 188 valence electrons. The lowest BCUT2D eigenvalue weighted by Gasteiger charge is -2.22. The molecule has 0 spiro atoms. The maximum absolute atomic E-state index is 11.5. The van der Waals surface area contributed by atoms with E-state index < -0.39 is 10.7 Å². The first kappa shape index (κ1) is 25.8. The van der Waals surface area contributed by atoms with Gasteiger partial charge in [0.05, 0.1) is 17.6 Å². The zero-order chi connectivity index (χ0) is 25.7. The number of rotatable bonds is 11. The average molecular weight is 523 g/mol. The number of aromatic nitrogens is 5. The third kappa shape index (κ3) is 6.50. The summed E-state index contributed by atoms with van der Waals surface area (Å²) in [7, 11) is 0. The third-order valence-corrected chi connectivity index (χ3v) is 7.84. The van der Waals surface area contributed by atoms with Gasteiger partial charge >= 0.3 is 5.97 Å². The van der Waals surface area contributed by atoms with Crippen LogP contribution in [0.1, 0.15) is 50.4 Å². The van der Waals surface area contributed by atoms with Gasteiger partial charge in [0, 0.05) is 49.0 Å². The molecule has 0 atom stereocenters. The summed E-state index contributed by atoms with van der Waals surface area (Å²) in [6.07, 6.45) is 8.36. The highest BCUT2D eigenvalue weighted by Gasteiger charge is 2.29. The minimum absolute atomic E-state index is 0.359. The highest BCUT2D eigenvalue weighted by Crippen LogP contribution is 2.34. The van der Waals surface area contributed by atoms with Crippen LogP contribution in [0, 0.1) is 0 Å². The second-order valence-corrected chi connectivity index (χ2v) is 12.0. The van der Waals surface area contributed by atoms with Crippen LogP contribution in [-0.4, -0.2) is 47.1 Å². The van der Waals surface area contributed by atoms with Crippen molar-refractivity contribution in [1.29, 1.82) is 0 Å². The fourth-order valence-corrected chi connectivity index (χ4v) is 5.61. The van der Waals surface area contributed by atoms with E-state index in [1.165, 1.54) is 23.1 Å². The Morgan fingerprint density at radius 3 is 2.56 bits per heavy atom. The van der Waals surface area contributed by atoms with Crippen molar-refractivity contribution in [2.24, 2.45) is 0 Å². The van der Waals surface area contributed by atoms with Crippen molar-refractivity contribution in [3.8, 4) is 5.69 Å². The average Bonchev–Trinajstić information content (AvgIpc) is 3.51. The molecule has 0 unspecified atom stereocenters. The highest BCUT2D eigenvalue weighted by molar-refractivity contribution is 8.03. The molecule has 3 aromatic heterocycles. The van der Waals surface area contributed by atoms with Crippen molar-refractivity contribution in [3.05, 3.63) is 77.3 Å². The molecule has 4 aromatic rings. The molecule has 0 fully saturated rings.